The molecule has 2 heterocycles. The van der Waals surface area contributed by atoms with Gasteiger partial charge < -0.3 is 15.0 Å². The summed E-state index contributed by atoms with van der Waals surface area (Å²) < 4.78 is 18.7. The number of ether oxygens (including phenoxy) is 1. The van der Waals surface area contributed by atoms with Crippen molar-refractivity contribution >= 4 is 11.8 Å². The van der Waals surface area contributed by atoms with E-state index in [1.807, 2.05) is 11.9 Å². The average Bonchev–Trinajstić information content (AvgIpc) is 2.39. The number of carbonyl (C=O) groups excluding carboxylic acids is 2. The van der Waals surface area contributed by atoms with E-state index in [1.165, 1.54) is 0 Å². The largest absolute Gasteiger partial charge is 0.368 e. The Morgan fingerprint density at radius 3 is 2.48 bits per heavy atom. The number of morpholine rings is 1. The molecule has 3 aliphatic rings. The van der Waals surface area contributed by atoms with Crippen molar-refractivity contribution < 1.29 is 18.7 Å². The number of alkyl halides is 1. The highest BCUT2D eigenvalue weighted by atomic mass is 19.1. The third-order valence-electron chi connectivity index (χ3n) is 4.87. The van der Waals surface area contributed by atoms with Crippen molar-refractivity contribution in [2.24, 2.45) is 5.92 Å². The van der Waals surface area contributed by atoms with Crippen molar-refractivity contribution in [1.29, 1.82) is 0 Å². The number of rotatable bonds is 2. The van der Waals surface area contributed by atoms with Gasteiger partial charge in [-0.2, -0.15) is 0 Å². The second-order valence-corrected chi connectivity index (χ2v) is 6.50. The molecule has 1 atom stereocenters. The zero-order valence-corrected chi connectivity index (χ0v) is 12.5. The van der Waals surface area contributed by atoms with E-state index >= 15 is 0 Å². The molecule has 0 radical (unpaired) electrons. The highest BCUT2D eigenvalue weighted by Crippen LogP contribution is 2.36. The highest BCUT2D eigenvalue weighted by Gasteiger charge is 2.52. The SMILES string of the molecule is CNC(=O)C1COC2(CN(C(=O)C3CC(F)C3)C2)CN1C. The van der Waals surface area contributed by atoms with E-state index in [9.17, 15) is 14.0 Å². The first-order valence-electron chi connectivity index (χ1n) is 7.43. The lowest BCUT2D eigenvalue weighted by Gasteiger charge is -2.55. The summed E-state index contributed by atoms with van der Waals surface area (Å²) in [6.45, 7) is 2.06. The normalized spacial score (nSPS) is 35.0. The average molecular weight is 299 g/mol. The molecule has 6 nitrogen and oxygen atoms in total. The highest BCUT2D eigenvalue weighted by molar-refractivity contribution is 5.82. The zero-order valence-electron chi connectivity index (χ0n) is 12.5. The number of carbonyl (C=O) groups is 2. The van der Waals surface area contributed by atoms with Crippen molar-refractivity contribution in [2.45, 2.75) is 30.7 Å². The minimum atomic E-state index is -0.806. The Morgan fingerprint density at radius 2 is 1.95 bits per heavy atom. The number of likely N-dealkylation sites (N-methyl/N-ethyl adjacent to an activating group) is 2. The van der Waals surface area contributed by atoms with Gasteiger partial charge in [-0.25, -0.2) is 4.39 Å². The summed E-state index contributed by atoms with van der Waals surface area (Å²) in [4.78, 5) is 27.5. The van der Waals surface area contributed by atoms with Gasteiger partial charge in [-0.15, -0.1) is 0 Å². The zero-order chi connectivity index (χ0) is 15.2. The maximum absolute atomic E-state index is 12.8. The third-order valence-corrected chi connectivity index (χ3v) is 4.87. The lowest BCUT2D eigenvalue weighted by Crippen LogP contribution is -2.73. The van der Waals surface area contributed by atoms with Crippen LogP contribution in [0.25, 0.3) is 0 Å². The van der Waals surface area contributed by atoms with Gasteiger partial charge in [0, 0.05) is 19.5 Å². The first kappa shape index (κ1) is 14.7. The molecule has 1 spiro atoms. The molecule has 1 unspecified atom stereocenters. The number of hydrogen-bond donors (Lipinski definition) is 1. The Hall–Kier alpha value is -1.21. The van der Waals surface area contributed by atoms with Gasteiger partial charge in [-0.05, 0) is 19.9 Å². The molecule has 0 aromatic rings. The van der Waals surface area contributed by atoms with E-state index in [2.05, 4.69) is 5.32 Å². The Labute approximate surface area is 123 Å². The summed E-state index contributed by atoms with van der Waals surface area (Å²) in [5, 5.41) is 2.63. The van der Waals surface area contributed by atoms with Crippen molar-refractivity contribution in [3.63, 3.8) is 0 Å². The minimum absolute atomic E-state index is 0.0502. The molecule has 3 fully saturated rings. The van der Waals surface area contributed by atoms with Crippen LogP contribution in [0.15, 0.2) is 0 Å². The summed E-state index contributed by atoms with van der Waals surface area (Å²) in [5.74, 6) is -0.144. The van der Waals surface area contributed by atoms with Crippen molar-refractivity contribution in [1.82, 2.24) is 15.1 Å². The van der Waals surface area contributed by atoms with Crippen LogP contribution in [-0.2, 0) is 14.3 Å². The van der Waals surface area contributed by atoms with Gasteiger partial charge in [0.15, 0.2) is 0 Å². The van der Waals surface area contributed by atoms with Gasteiger partial charge >= 0.3 is 0 Å². The van der Waals surface area contributed by atoms with Crippen LogP contribution in [0.1, 0.15) is 12.8 Å². The predicted molar refractivity (Wildman–Crippen MR) is 73.4 cm³/mol. The lowest BCUT2D eigenvalue weighted by atomic mass is 9.80. The minimum Gasteiger partial charge on any atom is -0.368 e. The molecule has 2 amide bonds. The van der Waals surface area contributed by atoms with Crippen LogP contribution in [-0.4, -0.2) is 79.8 Å². The lowest BCUT2D eigenvalue weighted by molar-refractivity contribution is -0.204. The molecule has 2 aliphatic heterocycles. The predicted octanol–water partition coefficient (Wildman–Crippen LogP) is -0.608. The Balaban J connectivity index is 1.51. The summed E-state index contributed by atoms with van der Waals surface area (Å²) in [6.07, 6.45) is -0.0801. The number of hydrogen-bond acceptors (Lipinski definition) is 4. The van der Waals surface area contributed by atoms with E-state index < -0.39 is 6.17 Å². The maximum Gasteiger partial charge on any atom is 0.239 e. The summed E-state index contributed by atoms with van der Waals surface area (Å²) >= 11 is 0. The Kier molecular flexibility index (Phi) is 3.65. The molecule has 0 aromatic heterocycles. The smallest absolute Gasteiger partial charge is 0.239 e. The number of amides is 2. The topological polar surface area (TPSA) is 61.9 Å². The summed E-state index contributed by atoms with van der Waals surface area (Å²) in [6, 6.07) is -0.274. The molecular weight excluding hydrogens is 277 g/mol. The van der Waals surface area contributed by atoms with Crippen LogP contribution in [0.2, 0.25) is 0 Å². The van der Waals surface area contributed by atoms with Crippen molar-refractivity contribution in [3.8, 4) is 0 Å². The number of halogens is 1. The second kappa shape index (κ2) is 5.21. The molecule has 21 heavy (non-hydrogen) atoms. The van der Waals surface area contributed by atoms with Gasteiger partial charge in [-0.1, -0.05) is 0 Å². The molecule has 0 bridgehead atoms. The molecule has 2 saturated heterocycles. The standard InChI is InChI=1S/C14H22FN3O3/c1-16-12(19)11-5-21-14(6-17(11)2)7-18(8-14)13(20)9-3-10(15)4-9/h9-11H,3-8H2,1-2H3,(H,16,19). The Morgan fingerprint density at radius 1 is 1.29 bits per heavy atom. The van der Waals surface area contributed by atoms with Crippen LogP contribution in [0.4, 0.5) is 4.39 Å². The first-order chi connectivity index (χ1) is 9.94. The number of likely N-dealkylation sites (tertiary alicyclic amines) is 1. The molecule has 118 valence electrons. The van der Waals surface area contributed by atoms with E-state index in [0.717, 1.165) is 0 Å². The fourth-order valence-electron chi connectivity index (χ4n) is 3.44. The second-order valence-electron chi connectivity index (χ2n) is 6.50. The molecule has 7 heteroatoms. The van der Waals surface area contributed by atoms with Gasteiger partial charge in [0.25, 0.3) is 0 Å². The van der Waals surface area contributed by atoms with Crippen LogP contribution in [0, 0.1) is 5.92 Å². The maximum atomic E-state index is 12.8. The fraction of sp³-hybridized carbons (Fsp3) is 0.857. The van der Waals surface area contributed by atoms with Crippen LogP contribution in [0.3, 0.4) is 0 Å². The van der Waals surface area contributed by atoms with Gasteiger partial charge in [0.2, 0.25) is 11.8 Å². The quantitative estimate of drug-likeness (QED) is 0.739. The van der Waals surface area contributed by atoms with Crippen LogP contribution < -0.4 is 5.32 Å². The number of nitrogens with zero attached hydrogens (tertiary/aromatic N) is 2. The van der Waals surface area contributed by atoms with E-state index in [4.69, 9.17) is 4.74 Å². The number of nitrogens with one attached hydrogen (secondary N) is 1. The van der Waals surface area contributed by atoms with E-state index in [0.29, 0.717) is 39.1 Å². The van der Waals surface area contributed by atoms with Gasteiger partial charge in [-0.3, -0.25) is 14.5 Å². The first-order valence-corrected chi connectivity index (χ1v) is 7.43. The summed E-state index contributed by atoms with van der Waals surface area (Å²) in [5.41, 5.74) is -0.353. The van der Waals surface area contributed by atoms with E-state index in [1.54, 1.807) is 11.9 Å². The van der Waals surface area contributed by atoms with Crippen LogP contribution >= 0.6 is 0 Å². The molecular formula is C14H22FN3O3. The van der Waals surface area contributed by atoms with Gasteiger partial charge in [0.1, 0.15) is 17.8 Å². The third kappa shape index (κ3) is 2.53. The molecule has 1 N–H and O–H groups in total. The van der Waals surface area contributed by atoms with E-state index in [-0.39, 0.29) is 29.4 Å². The summed E-state index contributed by atoms with van der Waals surface area (Å²) in [7, 11) is 3.51. The van der Waals surface area contributed by atoms with Crippen molar-refractivity contribution in [3.05, 3.63) is 0 Å². The van der Waals surface area contributed by atoms with Crippen LogP contribution in [0.5, 0.6) is 0 Å². The van der Waals surface area contributed by atoms with Crippen molar-refractivity contribution in [2.75, 3.05) is 40.3 Å². The fourth-order valence-corrected chi connectivity index (χ4v) is 3.44. The molecule has 1 aliphatic carbocycles. The molecule has 0 aromatic carbocycles. The van der Waals surface area contributed by atoms with Gasteiger partial charge in [0.05, 0.1) is 19.7 Å². The monoisotopic (exact) mass is 299 g/mol. The Bertz CT molecular complexity index is 447. The molecule has 1 saturated carbocycles. The molecule has 3 rings (SSSR count).